The van der Waals surface area contributed by atoms with Gasteiger partial charge >= 0.3 is 0 Å². The third-order valence-electron chi connectivity index (χ3n) is 5.81. The maximum atomic E-state index is 12.4. The van der Waals surface area contributed by atoms with Crippen molar-refractivity contribution in [3.63, 3.8) is 0 Å². The molecule has 0 heterocycles. The van der Waals surface area contributed by atoms with Crippen molar-refractivity contribution < 1.29 is 18.3 Å². The summed E-state index contributed by atoms with van der Waals surface area (Å²) < 4.78 is 25.3. The van der Waals surface area contributed by atoms with Crippen LogP contribution in [0, 0.1) is 0 Å². The van der Waals surface area contributed by atoms with E-state index in [1.54, 1.807) is 12.1 Å². The molecular weight excluding hydrogens is 448 g/mol. The Morgan fingerprint density at radius 3 is 2.00 bits per heavy atom. The zero-order chi connectivity index (χ0) is 25.1. The largest absolute Gasteiger partial charge is 0.392 e. The molecule has 3 N–H and O–H groups in total. The lowest BCUT2D eigenvalue weighted by atomic mass is 10.1. The van der Waals surface area contributed by atoms with Crippen molar-refractivity contribution in [2.75, 3.05) is 17.5 Å². The molecule has 34 heavy (non-hydrogen) atoms. The Balaban J connectivity index is 2.09. The SMILES string of the molecule is CCCCCCCC/C=C\CCCCCCCCNC(=O)c1ccc(CO)c(NS(C)(=O)=O)c1. The van der Waals surface area contributed by atoms with E-state index < -0.39 is 10.0 Å². The minimum absolute atomic E-state index is 0.231. The van der Waals surface area contributed by atoms with Crippen LogP contribution in [0.2, 0.25) is 0 Å². The number of anilines is 1. The van der Waals surface area contributed by atoms with Crippen LogP contribution in [0.25, 0.3) is 0 Å². The number of amides is 1. The van der Waals surface area contributed by atoms with Gasteiger partial charge in [-0.25, -0.2) is 8.42 Å². The summed E-state index contributed by atoms with van der Waals surface area (Å²) in [5.74, 6) is -0.242. The number of aliphatic hydroxyl groups is 1. The van der Waals surface area contributed by atoms with Gasteiger partial charge in [0.05, 0.1) is 18.6 Å². The second kappa shape index (κ2) is 18.5. The topological polar surface area (TPSA) is 95.5 Å². The van der Waals surface area contributed by atoms with E-state index in [4.69, 9.17) is 0 Å². The van der Waals surface area contributed by atoms with E-state index in [9.17, 15) is 18.3 Å². The number of allylic oxidation sites excluding steroid dienone is 2. The maximum Gasteiger partial charge on any atom is 0.251 e. The molecule has 0 aliphatic rings. The van der Waals surface area contributed by atoms with Crippen molar-refractivity contribution >= 4 is 21.6 Å². The van der Waals surface area contributed by atoms with E-state index in [-0.39, 0.29) is 18.2 Å². The first kappa shape index (κ1) is 30.2. The van der Waals surface area contributed by atoms with Crippen LogP contribution in [0.5, 0.6) is 0 Å². The molecule has 0 saturated heterocycles. The van der Waals surface area contributed by atoms with Gasteiger partial charge in [-0.3, -0.25) is 9.52 Å². The first-order valence-corrected chi connectivity index (χ1v) is 14.9. The van der Waals surface area contributed by atoms with Crippen LogP contribution in [0.15, 0.2) is 30.4 Å². The van der Waals surface area contributed by atoms with Gasteiger partial charge in [0.25, 0.3) is 5.91 Å². The Bertz CT molecular complexity index is 822. The summed E-state index contributed by atoms with van der Waals surface area (Å²) in [5.41, 5.74) is 1.03. The van der Waals surface area contributed by atoms with Crippen molar-refractivity contribution in [3.05, 3.63) is 41.5 Å². The second-order valence-corrected chi connectivity index (χ2v) is 10.8. The molecule has 7 heteroatoms. The van der Waals surface area contributed by atoms with Crippen LogP contribution in [-0.4, -0.2) is 32.2 Å². The summed E-state index contributed by atoms with van der Waals surface area (Å²) in [4.78, 5) is 12.4. The van der Waals surface area contributed by atoms with Gasteiger partial charge in [-0.2, -0.15) is 0 Å². The molecule has 194 valence electrons. The third-order valence-corrected chi connectivity index (χ3v) is 6.40. The second-order valence-electron chi connectivity index (χ2n) is 9.10. The molecule has 0 unspecified atom stereocenters. The quantitative estimate of drug-likeness (QED) is 0.146. The van der Waals surface area contributed by atoms with Gasteiger partial charge < -0.3 is 10.4 Å². The van der Waals surface area contributed by atoms with Crippen LogP contribution < -0.4 is 10.0 Å². The van der Waals surface area contributed by atoms with E-state index in [0.29, 0.717) is 17.7 Å². The molecule has 1 rings (SSSR count). The van der Waals surface area contributed by atoms with Gasteiger partial charge in [0.15, 0.2) is 0 Å². The Morgan fingerprint density at radius 2 is 1.44 bits per heavy atom. The number of hydrogen-bond acceptors (Lipinski definition) is 4. The Hall–Kier alpha value is -1.86. The molecule has 1 amide bonds. The number of nitrogens with one attached hydrogen (secondary N) is 2. The molecule has 0 bridgehead atoms. The monoisotopic (exact) mass is 494 g/mol. The van der Waals surface area contributed by atoms with Crippen LogP contribution in [0.4, 0.5) is 5.69 Å². The van der Waals surface area contributed by atoms with Crippen molar-refractivity contribution in [1.82, 2.24) is 5.32 Å². The van der Waals surface area contributed by atoms with Crippen molar-refractivity contribution in [1.29, 1.82) is 0 Å². The van der Waals surface area contributed by atoms with Gasteiger partial charge in [-0.1, -0.05) is 82.9 Å². The summed E-state index contributed by atoms with van der Waals surface area (Å²) in [6.07, 6.45) is 23.2. The van der Waals surface area contributed by atoms with Gasteiger partial charge in [0.1, 0.15) is 0 Å². The van der Waals surface area contributed by atoms with E-state index in [0.717, 1.165) is 19.1 Å². The summed E-state index contributed by atoms with van der Waals surface area (Å²) in [6, 6.07) is 4.62. The fraction of sp³-hybridized carbons (Fsp3) is 0.667. The van der Waals surface area contributed by atoms with Crippen LogP contribution in [0.3, 0.4) is 0 Å². The highest BCUT2D eigenvalue weighted by Crippen LogP contribution is 2.19. The molecule has 0 atom stereocenters. The van der Waals surface area contributed by atoms with Gasteiger partial charge in [0.2, 0.25) is 10.0 Å². The van der Waals surface area contributed by atoms with Crippen LogP contribution >= 0.6 is 0 Å². The number of sulfonamides is 1. The molecule has 6 nitrogen and oxygen atoms in total. The van der Waals surface area contributed by atoms with E-state index in [2.05, 4.69) is 29.1 Å². The number of aliphatic hydroxyl groups excluding tert-OH is 1. The summed E-state index contributed by atoms with van der Waals surface area (Å²) in [7, 11) is -3.49. The lowest BCUT2D eigenvalue weighted by Crippen LogP contribution is -2.24. The first-order chi connectivity index (χ1) is 16.4. The average Bonchev–Trinajstić information content (AvgIpc) is 2.79. The molecule has 0 fully saturated rings. The molecule has 0 aliphatic carbocycles. The fourth-order valence-electron chi connectivity index (χ4n) is 3.83. The number of benzene rings is 1. The predicted molar refractivity (Wildman–Crippen MR) is 143 cm³/mol. The fourth-order valence-corrected chi connectivity index (χ4v) is 4.42. The maximum absolute atomic E-state index is 12.4. The highest BCUT2D eigenvalue weighted by Gasteiger charge is 2.12. The lowest BCUT2D eigenvalue weighted by Gasteiger charge is -2.11. The van der Waals surface area contributed by atoms with E-state index in [1.165, 1.54) is 83.1 Å². The highest BCUT2D eigenvalue weighted by atomic mass is 32.2. The zero-order valence-corrected chi connectivity index (χ0v) is 22.1. The molecule has 0 radical (unpaired) electrons. The zero-order valence-electron chi connectivity index (χ0n) is 21.3. The van der Waals surface area contributed by atoms with Gasteiger partial charge in [0, 0.05) is 17.7 Å². The summed E-state index contributed by atoms with van der Waals surface area (Å²) >= 11 is 0. The molecule has 0 aromatic heterocycles. The standard InChI is InChI=1S/C27H46N2O4S/c1-3-4-5-6-7-8-9-10-11-12-13-14-15-16-17-18-21-28-27(31)24-19-20-25(23-30)26(22-24)29-34(2,32)33/h10-11,19-20,22,29-30H,3-9,12-18,21,23H2,1-2H3,(H,28,31)/b11-10-. The lowest BCUT2D eigenvalue weighted by molar-refractivity contribution is 0.0953. The van der Waals surface area contributed by atoms with Crippen molar-refractivity contribution in [2.24, 2.45) is 0 Å². The molecule has 0 saturated carbocycles. The number of carbonyl (C=O) groups is 1. The molecule has 1 aromatic carbocycles. The van der Waals surface area contributed by atoms with Gasteiger partial charge in [-0.15, -0.1) is 0 Å². The van der Waals surface area contributed by atoms with E-state index >= 15 is 0 Å². The van der Waals surface area contributed by atoms with Crippen molar-refractivity contribution in [3.8, 4) is 0 Å². The van der Waals surface area contributed by atoms with Crippen LogP contribution in [0.1, 0.15) is 113 Å². The molecule has 1 aromatic rings. The minimum atomic E-state index is -3.49. The Kier molecular flexibility index (Phi) is 16.4. The molecule has 0 aliphatic heterocycles. The number of rotatable bonds is 20. The summed E-state index contributed by atoms with van der Waals surface area (Å²) in [5, 5.41) is 12.3. The number of hydrogen-bond donors (Lipinski definition) is 3. The smallest absolute Gasteiger partial charge is 0.251 e. The summed E-state index contributed by atoms with van der Waals surface area (Å²) in [6.45, 7) is 2.54. The average molecular weight is 495 g/mol. The first-order valence-electron chi connectivity index (χ1n) is 13.0. The van der Waals surface area contributed by atoms with Crippen molar-refractivity contribution in [2.45, 2.75) is 103 Å². The minimum Gasteiger partial charge on any atom is -0.392 e. The molecule has 0 spiro atoms. The number of unbranched alkanes of at least 4 members (excludes halogenated alkanes) is 12. The Labute approximate surface area is 207 Å². The normalized spacial score (nSPS) is 11.7. The Morgan fingerprint density at radius 1 is 0.882 bits per heavy atom. The molecular formula is C27H46N2O4S. The van der Waals surface area contributed by atoms with Gasteiger partial charge in [-0.05, 0) is 44.2 Å². The number of carbonyl (C=O) groups excluding carboxylic acids is 1. The predicted octanol–water partition coefficient (Wildman–Crippen LogP) is 6.32. The van der Waals surface area contributed by atoms with Crippen LogP contribution in [-0.2, 0) is 16.6 Å². The third kappa shape index (κ3) is 15.1. The van der Waals surface area contributed by atoms with E-state index in [1.807, 2.05) is 0 Å². The highest BCUT2D eigenvalue weighted by molar-refractivity contribution is 7.92.